The molecule has 0 aliphatic carbocycles. The Balaban J connectivity index is 0.00000106. The second-order valence-corrected chi connectivity index (χ2v) is 9.77. The van der Waals surface area contributed by atoms with E-state index in [1.807, 2.05) is 12.1 Å². The fraction of sp³-hybridized carbons (Fsp3) is 0.583. The van der Waals surface area contributed by atoms with Gasteiger partial charge in [-0.15, -0.1) is 0 Å². The van der Waals surface area contributed by atoms with E-state index >= 15 is 0 Å². The normalized spacial score (nSPS) is 11.4. The summed E-state index contributed by atoms with van der Waals surface area (Å²) in [5, 5.41) is 7.25. The van der Waals surface area contributed by atoms with Crippen LogP contribution in [0, 0.1) is 0 Å². The molecule has 0 fully saturated rings. The lowest BCUT2D eigenvalue weighted by molar-refractivity contribution is 0.399. The molecule has 0 radical (unpaired) electrons. The van der Waals surface area contributed by atoms with Gasteiger partial charge in [0.1, 0.15) is 5.75 Å². The van der Waals surface area contributed by atoms with Crippen LogP contribution in [0.1, 0.15) is 20.8 Å². The Morgan fingerprint density at radius 1 is 1.12 bits per heavy atom. The van der Waals surface area contributed by atoms with E-state index in [4.69, 9.17) is 9.53 Å². The highest BCUT2D eigenvalue weighted by Crippen LogP contribution is 2.37. The molecule has 0 spiro atoms. The molecule has 0 saturated carbocycles. The Morgan fingerprint density at radius 3 is 1.94 bits per heavy atom. The van der Waals surface area contributed by atoms with Crippen LogP contribution in [0.4, 0.5) is 0 Å². The zero-order valence-corrected chi connectivity index (χ0v) is 12.1. The molecule has 3 nitrogen and oxygen atoms in total. The molecule has 0 aromatic carbocycles. The third kappa shape index (κ3) is 4.33. The number of aliphatic hydroxyl groups excluding tert-OH is 1. The number of hydrogen-bond donors (Lipinski definition) is 1. The van der Waals surface area contributed by atoms with Crippen molar-refractivity contribution in [1.82, 2.24) is 4.98 Å². The summed E-state index contributed by atoms with van der Waals surface area (Å²) in [6.45, 7) is 11.2. The summed E-state index contributed by atoms with van der Waals surface area (Å²) >= 11 is 0. The van der Waals surface area contributed by atoms with E-state index in [0.717, 1.165) is 12.9 Å². The molecule has 0 unspecified atom stereocenters. The van der Waals surface area contributed by atoms with Crippen LogP contribution >= 0.6 is 0 Å². The van der Waals surface area contributed by atoms with Gasteiger partial charge in [-0.1, -0.05) is 20.8 Å². The van der Waals surface area contributed by atoms with E-state index in [9.17, 15) is 0 Å². The van der Waals surface area contributed by atoms with Crippen molar-refractivity contribution in [3.63, 3.8) is 0 Å². The maximum atomic E-state index is 7.00. The number of pyridine rings is 1. The van der Waals surface area contributed by atoms with E-state index in [0.29, 0.717) is 0 Å². The number of nitrogens with zero attached hydrogens (tertiary/aromatic N) is 1. The largest absolute Gasteiger partial charge is 0.543 e. The van der Waals surface area contributed by atoms with Crippen LogP contribution in [0.5, 0.6) is 5.75 Å². The first kappa shape index (κ1) is 15.1. The molecular weight excluding hydrogens is 218 g/mol. The molecule has 1 N–H and O–H groups in total. The monoisotopic (exact) mass is 241 g/mol. The number of rotatable bonds is 2. The van der Waals surface area contributed by atoms with Crippen LogP contribution in [-0.2, 0) is 0 Å². The fourth-order valence-corrected chi connectivity index (χ4v) is 1.89. The highest BCUT2D eigenvalue weighted by molar-refractivity contribution is 6.74. The molecule has 1 aromatic rings. The van der Waals surface area contributed by atoms with Crippen molar-refractivity contribution < 1.29 is 9.53 Å². The van der Waals surface area contributed by atoms with Crippen LogP contribution in [0.2, 0.25) is 18.1 Å². The summed E-state index contributed by atoms with van der Waals surface area (Å²) in [6, 6.07) is 3.83. The van der Waals surface area contributed by atoms with Gasteiger partial charge in [-0.2, -0.15) is 0 Å². The van der Waals surface area contributed by atoms with Gasteiger partial charge in [-0.25, -0.2) is 0 Å². The van der Waals surface area contributed by atoms with Gasteiger partial charge in [-0.05, 0) is 30.3 Å². The number of aliphatic hydroxyl groups is 1. The van der Waals surface area contributed by atoms with Crippen LogP contribution in [0.25, 0.3) is 0 Å². The van der Waals surface area contributed by atoms with Gasteiger partial charge < -0.3 is 9.53 Å². The minimum Gasteiger partial charge on any atom is -0.543 e. The van der Waals surface area contributed by atoms with Crippen molar-refractivity contribution in [3.8, 4) is 5.75 Å². The van der Waals surface area contributed by atoms with Crippen molar-refractivity contribution in [2.45, 2.75) is 38.9 Å². The molecule has 0 aliphatic heterocycles. The SMILES string of the molecule is CC(C)(C)[Si](C)(C)Oc1ccncc1.CO. The molecule has 0 atom stereocenters. The molecule has 0 amide bonds. The first-order valence-corrected chi connectivity index (χ1v) is 8.27. The summed E-state index contributed by atoms with van der Waals surface area (Å²) in [5.41, 5.74) is 0. The van der Waals surface area contributed by atoms with Crippen molar-refractivity contribution in [2.24, 2.45) is 0 Å². The van der Waals surface area contributed by atoms with E-state index in [1.165, 1.54) is 0 Å². The van der Waals surface area contributed by atoms with Crippen molar-refractivity contribution >= 4 is 8.32 Å². The van der Waals surface area contributed by atoms with Crippen LogP contribution in [0.15, 0.2) is 24.5 Å². The minimum atomic E-state index is -1.67. The zero-order chi connectivity index (χ0) is 12.8. The lowest BCUT2D eigenvalue weighted by atomic mass is 10.2. The Labute approximate surface area is 99.6 Å². The summed E-state index contributed by atoms with van der Waals surface area (Å²) in [6.07, 6.45) is 3.53. The predicted molar refractivity (Wildman–Crippen MR) is 70.2 cm³/mol. The molecule has 92 valence electrons. The smallest absolute Gasteiger partial charge is 0.250 e. The van der Waals surface area contributed by atoms with Gasteiger partial charge >= 0.3 is 0 Å². The standard InChI is InChI=1S/C11H19NOSi.CH4O/c1-11(2,3)14(4,5)13-10-6-8-12-9-7-10;1-2/h6-9H,1-5H3;2H,1H3. The molecule has 1 aromatic heterocycles. The van der Waals surface area contributed by atoms with Gasteiger partial charge in [0.15, 0.2) is 0 Å². The van der Waals surface area contributed by atoms with Crippen LogP contribution in [-0.4, -0.2) is 25.5 Å². The average Bonchev–Trinajstić information content (AvgIpc) is 2.20. The average molecular weight is 241 g/mol. The van der Waals surface area contributed by atoms with Crippen molar-refractivity contribution in [3.05, 3.63) is 24.5 Å². The highest BCUT2D eigenvalue weighted by Gasteiger charge is 2.38. The van der Waals surface area contributed by atoms with Gasteiger partial charge in [0.25, 0.3) is 0 Å². The van der Waals surface area contributed by atoms with E-state index in [-0.39, 0.29) is 5.04 Å². The van der Waals surface area contributed by atoms with Gasteiger partial charge in [0, 0.05) is 19.5 Å². The molecule has 0 bridgehead atoms. The van der Waals surface area contributed by atoms with Crippen molar-refractivity contribution in [1.29, 1.82) is 0 Å². The first-order valence-electron chi connectivity index (χ1n) is 5.37. The zero-order valence-electron chi connectivity index (χ0n) is 11.1. The summed E-state index contributed by atoms with van der Waals surface area (Å²) < 4.78 is 6.07. The lowest BCUT2D eigenvalue weighted by Crippen LogP contribution is -2.43. The first-order chi connectivity index (χ1) is 7.33. The summed E-state index contributed by atoms with van der Waals surface area (Å²) in [7, 11) is -0.674. The lowest BCUT2D eigenvalue weighted by Gasteiger charge is -2.36. The summed E-state index contributed by atoms with van der Waals surface area (Å²) in [4.78, 5) is 3.97. The van der Waals surface area contributed by atoms with E-state index in [1.54, 1.807) is 12.4 Å². The second kappa shape index (κ2) is 6.01. The molecule has 4 heteroatoms. The van der Waals surface area contributed by atoms with Gasteiger partial charge in [-0.3, -0.25) is 4.98 Å². The Bertz CT molecular complexity index is 294. The van der Waals surface area contributed by atoms with E-state index in [2.05, 4.69) is 38.8 Å². The van der Waals surface area contributed by atoms with Crippen molar-refractivity contribution in [2.75, 3.05) is 7.11 Å². The topological polar surface area (TPSA) is 42.4 Å². The fourth-order valence-electron chi connectivity index (χ4n) is 0.854. The molecule has 1 rings (SSSR count). The molecule has 1 heterocycles. The highest BCUT2D eigenvalue weighted by atomic mass is 28.4. The quantitative estimate of drug-likeness (QED) is 0.809. The molecule has 16 heavy (non-hydrogen) atoms. The second-order valence-electron chi connectivity index (χ2n) is 5.05. The third-order valence-corrected chi connectivity index (χ3v) is 7.19. The molecule has 0 aliphatic rings. The Kier molecular flexibility index (Phi) is 5.68. The molecule has 0 saturated heterocycles. The third-order valence-electron chi connectivity index (χ3n) is 2.83. The minimum absolute atomic E-state index is 0.246. The van der Waals surface area contributed by atoms with Gasteiger partial charge in [0.05, 0.1) is 0 Å². The van der Waals surface area contributed by atoms with E-state index < -0.39 is 8.32 Å². The Morgan fingerprint density at radius 2 is 1.56 bits per heavy atom. The summed E-state index contributed by atoms with van der Waals surface area (Å²) in [5.74, 6) is 0.937. The maximum absolute atomic E-state index is 7.00. The number of aromatic nitrogens is 1. The Hall–Kier alpha value is -0.873. The maximum Gasteiger partial charge on any atom is 0.250 e. The molecular formula is C12H23NO2Si. The predicted octanol–water partition coefficient (Wildman–Crippen LogP) is 3.07. The van der Waals surface area contributed by atoms with Crippen LogP contribution in [0.3, 0.4) is 0 Å². The van der Waals surface area contributed by atoms with Crippen LogP contribution < -0.4 is 4.43 Å². The van der Waals surface area contributed by atoms with Gasteiger partial charge in [0.2, 0.25) is 8.32 Å². The number of hydrogen-bond acceptors (Lipinski definition) is 3.